The van der Waals surface area contributed by atoms with Gasteiger partial charge < -0.3 is 10.1 Å². The Kier molecular flexibility index (Phi) is 4.28. The van der Waals surface area contributed by atoms with E-state index in [0.29, 0.717) is 0 Å². The standard InChI is InChI=1S/C17H22N2O/c1-17(2,3)14-8-9-16(19-12-14)18-11-13-6-5-7-15(10-13)20-4/h5-10,12H,11H2,1-4H3,(H,18,19). The van der Waals surface area contributed by atoms with Gasteiger partial charge in [0.1, 0.15) is 11.6 Å². The number of anilines is 1. The maximum atomic E-state index is 5.22. The quantitative estimate of drug-likeness (QED) is 0.911. The maximum Gasteiger partial charge on any atom is 0.126 e. The van der Waals surface area contributed by atoms with Crippen LogP contribution in [0, 0.1) is 0 Å². The first-order valence-corrected chi connectivity index (χ1v) is 6.82. The highest BCUT2D eigenvalue weighted by Crippen LogP contribution is 2.22. The molecule has 1 aromatic carbocycles. The first-order chi connectivity index (χ1) is 9.49. The van der Waals surface area contributed by atoms with E-state index in [1.165, 1.54) is 11.1 Å². The van der Waals surface area contributed by atoms with E-state index in [1.54, 1.807) is 7.11 Å². The summed E-state index contributed by atoms with van der Waals surface area (Å²) in [6, 6.07) is 12.2. The number of hydrogen-bond donors (Lipinski definition) is 1. The van der Waals surface area contributed by atoms with Gasteiger partial charge in [-0.05, 0) is 34.7 Å². The predicted octanol–water partition coefficient (Wildman–Crippen LogP) is 4.00. The molecule has 0 saturated carbocycles. The summed E-state index contributed by atoms with van der Waals surface area (Å²) in [6.07, 6.45) is 1.94. The zero-order valence-electron chi connectivity index (χ0n) is 12.6. The van der Waals surface area contributed by atoms with Crippen LogP contribution < -0.4 is 10.1 Å². The second-order valence-electron chi connectivity index (χ2n) is 5.89. The highest BCUT2D eigenvalue weighted by Gasteiger charge is 2.13. The molecular formula is C17H22N2O. The molecule has 0 bridgehead atoms. The Morgan fingerprint density at radius 2 is 1.95 bits per heavy atom. The summed E-state index contributed by atoms with van der Waals surface area (Å²) in [7, 11) is 1.68. The molecule has 3 nitrogen and oxygen atoms in total. The summed E-state index contributed by atoms with van der Waals surface area (Å²) in [5.41, 5.74) is 2.55. The first kappa shape index (κ1) is 14.4. The van der Waals surface area contributed by atoms with Crippen LogP contribution in [0.2, 0.25) is 0 Å². The number of ether oxygens (including phenoxy) is 1. The van der Waals surface area contributed by atoms with Crippen LogP contribution >= 0.6 is 0 Å². The molecule has 0 saturated heterocycles. The molecule has 0 aliphatic carbocycles. The minimum Gasteiger partial charge on any atom is -0.497 e. The summed E-state index contributed by atoms with van der Waals surface area (Å²) in [6.45, 7) is 7.30. The van der Waals surface area contributed by atoms with Crippen LogP contribution in [0.25, 0.3) is 0 Å². The molecule has 2 rings (SSSR count). The van der Waals surface area contributed by atoms with Crippen molar-refractivity contribution in [3.63, 3.8) is 0 Å². The first-order valence-electron chi connectivity index (χ1n) is 6.82. The van der Waals surface area contributed by atoms with Gasteiger partial charge in [0.15, 0.2) is 0 Å². The van der Waals surface area contributed by atoms with Gasteiger partial charge in [0.2, 0.25) is 0 Å². The van der Waals surface area contributed by atoms with Gasteiger partial charge in [-0.1, -0.05) is 39.0 Å². The lowest BCUT2D eigenvalue weighted by Crippen LogP contribution is -2.11. The fourth-order valence-corrected chi connectivity index (χ4v) is 1.92. The zero-order valence-corrected chi connectivity index (χ0v) is 12.6. The lowest BCUT2D eigenvalue weighted by atomic mass is 9.88. The molecule has 0 aliphatic heterocycles. The van der Waals surface area contributed by atoms with E-state index in [0.717, 1.165) is 18.1 Å². The molecule has 1 aromatic heterocycles. The molecule has 0 fully saturated rings. The Morgan fingerprint density at radius 1 is 1.15 bits per heavy atom. The third kappa shape index (κ3) is 3.73. The molecule has 1 heterocycles. The average molecular weight is 270 g/mol. The van der Waals surface area contributed by atoms with Gasteiger partial charge in [0.25, 0.3) is 0 Å². The predicted molar refractivity (Wildman–Crippen MR) is 83.3 cm³/mol. The highest BCUT2D eigenvalue weighted by molar-refractivity contribution is 5.39. The average Bonchev–Trinajstić information content (AvgIpc) is 2.45. The molecule has 0 radical (unpaired) electrons. The van der Waals surface area contributed by atoms with E-state index >= 15 is 0 Å². The van der Waals surface area contributed by atoms with Crippen LogP contribution in [-0.4, -0.2) is 12.1 Å². The number of rotatable bonds is 4. The highest BCUT2D eigenvalue weighted by atomic mass is 16.5. The van der Waals surface area contributed by atoms with Crippen LogP contribution in [0.4, 0.5) is 5.82 Å². The van der Waals surface area contributed by atoms with Crippen LogP contribution in [0.3, 0.4) is 0 Å². The summed E-state index contributed by atoms with van der Waals surface area (Å²) >= 11 is 0. The minimum atomic E-state index is 0.137. The van der Waals surface area contributed by atoms with E-state index in [-0.39, 0.29) is 5.41 Å². The maximum absolute atomic E-state index is 5.22. The van der Waals surface area contributed by atoms with Crippen molar-refractivity contribution in [2.24, 2.45) is 0 Å². The second-order valence-corrected chi connectivity index (χ2v) is 5.89. The molecule has 106 valence electrons. The summed E-state index contributed by atoms with van der Waals surface area (Å²) in [4.78, 5) is 4.46. The number of benzene rings is 1. The SMILES string of the molecule is COc1cccc(CNc2ccc(C(C)(C)C)cn2)c1. The summed E-state index contributed by atoms with van der Waals surface area (Å²) in [5.74, 6) is 1.76. The van der Waals surface area contributed by atoms with Crippen molar-refractivity contribution in [1.82, 2.24) is 4.98 Å². The molecule has 20 heavy (non-hydrogen) atoms. The summed E-state index contributed by atoms with van der Waals surface area (Å²) in [5, 5.41) is 3.32. The number of methoxy groups -OCH3 is 1. The zero-order chi connectivity index (χ0) is 14.6. The van der Waals surface area contributed by atoms with Gasteiger partial charge in [-0.2, -0.15) is 0 Å². The van der Waals surface area contributed by atoms with Gasteiger partial charge in [0, 0.05) is 12.7 Å². The van der Waals surface area contributed by atoms with Crippen LogP contribution in [-0.2, 0) is 12.0 Å². The van der Waals surface area contributed by atoms with Gasteiger partial charge >= 0.3 is 0 Å². The number of nitrogens with zero attached hydrogens (tertiary/aromatic N) is 1. The number of pyridine rings is 1. The van der Waals surface area contributed by atoms with E-state index in [9.17, 15) is 0 Å². The largest absolute Gasteiger partial charge is 0.497 e. The Morgan fingerprint density at radius 3 is 2.55 bits per heavy atom. The van der Waals surface area contributed by atoms with Crippen LogP contribution in [0.1, 0.15) is 31.9 Å². The lowest BCUT2D eigenvalue weighted by molar-refractivity contribution is 0.414. The van der Waals surface area contributed by atoms with E-state index in [1.807, 2.05) is 30.5 Å². The second kappa shape index (κ2) is 5.95. The molecule has 3 heteroatoms. The third-order valence-corrected chi connectivity index (χ3v) is 3.24. The van der Waals surface area contributed by atoms with Gasteiger partial charge in [-0.15, -0.1) is 0 Å². The Labute approximate surface area is 121 Å². The van der Waals surface area contributed by atoms with Gasteiger partial charge in [-0.25, -0.2) is 4.98 Å². The van der Waals surface area contributed by atoms with Crippen molar-refractivity contribution >= 4 is 5.82 Å². The Balaban J connectivity index is 2.00. The molecule has 2 aromatic rings. The van der Waals surface area contributed by atoms with Crippen molar-refractivity contribution in [1.29, 1.82) is 0 Å². The van der Waals surface area contributed by atoms with Crippen molar-refractivity contribution in [2.45, 2.75) is 32.7 Å². The normalized spacial score (nSPS) is 11.2. The monoisotopic (exact) mass is 270 g/mol. The number of hydrogen-bond acceptors (Lipinski definition) is 3. The smallest absolute Gasteiger partial charge is 0.126 e. The van der Waals surface area contributed by atoms with E-state index in [2.05, 4.69) is 43.2 Å². The topological polar surface area (TPSA) is 34.1 Å². The van der Waals surface area contributed by atoms with Crippen LogP contribution in [0.5, 0.6) is 5.75 Å². The molecule has 0 amide bonds. The fraction of sp³-hybridized carbons (Fsp3) is 0.353. The Bertz CT molecular complexity index is 556. The molecule has 0 unspecified atom stereocenters. The van der Waals surface area contributed by atoms with Crippen molar-refractivity contribution in [2.75, 3.05) is 12.4 Å². The molecule has 0 aliphatic rings. The minimum absolute atomic E-state index is 0.137. The number of nitrogens with one attached hydrogen (secondary N) is 1. The van der Waals surface area contributed by atoms with Gasteiger partial charge in [0.05, 0.1) is 7.11 Å². The van der Waals surface area contributed by atoms with E-state index < -0.39 is 0 Å². The van der Waals surface area contributed by atoms with Crippen LogP contribution in [0.15, 0.2) is 42.6 Å². The summed E-state index contributed by atoms with van der Waals surface area (Å²) < 4.78 is 5.22. The molecule has 0 spiro atoms. The third-order valence-electron chi connectivity index (χ3n) is 3.24. The molecule has 0 atom stereocenters. The van der Waals surface area contributed by atoms with Gasteiger partial charge in [-0.3, -0.25) is 0 Å². The Hall–Kier alpha value is -2.03. The van der Waals surface area contributed by atoms with Crippen molar-refractivity contribution in [3.05, 3.63) is 53.7 Å². The molecule has 1 N–H and O–H groups in total. The molecular weight excluding hydrogens is 248 g/mol. The fourth-order valence-electron chi connectivity index (χ4n) is 1.92. The van der Waals surface area contributed by atoms with Crippen molar-refractivity contribution in [3.8, 4) is 5.75 Å². The lowest BCUT2D eigenvalue weighted by Gasteiger charge is -2.18. The number of aromatic nitrogens is 1. The van der Waals surface area contributed by atoms with Crippen molar-refractivity contribution < 1.29 is 4.74 Å². The van der Waals surface area contributed by atoms with E-state index in [4.69, 9.17) is 4.74 Å².